The van der Waals surface area contributed by atoms with Crippen LogP contribution in [0, 0.1) is 6.42 Å². The van der Waals surface area contributed by atoms with Crippen LogP contribution in [0.1, 0.15) is 46.0 Å². The number of unbranched alkanes of at least 4 members (excludes halogenated alkanes) is 5. The quantitative estimate of drug-likeness (QED) is 0.302. The molecule has 0 bridgehead atoms. The van der Waals surface area contributed by atoms with Gasteiger partial charge >= 0.3 is 0 Å². The Morgan fingerprint density at radius 1 is 1.09 bits per heavy atom. The Morgan fingerprint density at radius 2 is 1.64 bits per heavy atom. The van der Waals surface area contributed by atoms with Gasteiger partial charge in [-0.1, -0.05) is 32.6 Å². The average molecular weight is 247 g/mol. The van der Waals surface area contributed by atoms with E-state index in [2.05, 4.69) is 20.3 Å². The van der Waals surface area contributed by atoms with Gasteiger partial charge in [-0.2, -0.15) is 36.7 Å². The second-order valence-electron chi connectivity index (χ2n) is 2.26. The minimum Gasteiger partial charge on any atom is -0.332 e. The van der Waals surface area contributed by atoms with Gasteiger partial charge in [0, 0.05) is 19.5 Å². The average Bonchev–Trinajstić information content (AvgIpc) is 1.81. The van der Waals surface area contributed by atoms with Crippen LogP contribution in [0.2, 0.25) is 0 Å². The molecule has 3 heteroatoms. The maximum Gasteiger partial charge on any atom is 0 e. The zero-order valence-electron chi connectivity index (χ0n) is 8.03. The van der Waals surface area contributed by atoms with Crippen LogP contribution in [0.25, 0.3) is 0 Å². The molecule has 0 amide bonds. The molecule has 0 aromatic heterocycles. The van der Waals surface area contributed by atoms with E-state index in [9.17, 15) is 0 Å². The van der Waals surface area contributed by atoms with Crippen molar-refractivity contribution >= 4 is 23.4 Å². The van der Waals surface area contributed by atoms with Crippen LogP contribution in [-0.4, -0.2) is 0 Å². The summed E-state index contributed by atoms with van der Waals surface area (Å²) in [5.41, 5.74) is 0. The standard InChI is InChI=1S/C8H17.H3P.H2S.Zn/c1-3-5-7-8-6-4-2;;;/h3H,4-8H2,1-2H3;1H3;1H2;/q-1;;;. The van der Waals surface area contributed by atoms with E-state index >= 15 is 0 Å². The summed E-state index contributed by atoms with van der Waals surface area (Å²) in [6.07, 6.45) is 9.12. The fourth-order valence-corrected chi connectivity index (χ4v) is 0.775. The molecule has 0 saturated heterocycles. The minimum absolute atomic E-state index is 0. The van der Waals surface area contributed by atoms with Gasteiger partial charge in [0.2, 0.25) is 0 Å². The van der Waals surface area contributed by atoms with Crippen molar-refractivity contribution in [3.05, 3.63) is 6.42 Å². The van der Waals surface area contributed by atoms with Gasteiger partial charge in [-0.15, -0.1) is 0 Å². The molecular weight excluding hydrogens is 225 g/mol. The summed E-state index contributed by atoms with van der Waals surface area (Å²) < 4.78 is 0. The van der Waals surface area contributed by atoms with Gasteiger partial charge in [-0.25, -0.2) is 0 Å². The van der Waals surface area contributed by atoms with Gasteiger partial charge in [0.15, 0.2) is 0 Å². The van der Waals surface area contributed by atoms with Crippen molar-refractivity contribution in [3.63, 3.8) is 0 Å². The Morgan fingerprint density at radius 3 is 2.00 bits per heavy atom. The summed E-state index contributed by atoms with van der Waals surface area (Å²) in [6, 6.07) is 0. The van der Waals surface area contributed by atoms with E-state index in [1.807, 2.05) is 0 Å². The molecule has 0 aliphatic carbocycles. The van der Waals surface area contributed by atoms with Crippen molar-refractivity contribution in [2.75, 3.05) is 0 Å². The summed E-state index contributed by atoms with van der Waals surface area (Å²) in [7, 11) is 0. The van der Waals surface area contributed by atoms with E-state index < -0.39 is 0 Å². The predicted octanol–water partition coefficient (Wildman–Crippen LogP) is 3.35. The zero-order chi connectivity index (χ0) is 6.24. The molecule has 0 spiro atoms. The maximum atomic E-state index is 2.25. The summed E-state index contributed by atoms with van der Waals surface area (Å²) in [6.45, 7) is 4.38. The Hall–Kier alpha value is 1.40. The number of hydrogen-bond donors (Lipinski definition) is 0. The fourth-order valence-electron chi connectivity index (χ4n) is 0.775. The van der Waals surface area contributed by atoms with E-state index in [4.69, 9.17) is 0 Å². The molecule has 0 N–H and O–H groups in total. The fraction of sp³-hybridized carbons (Fsp3) is 0.875. The first-order chi connectivity index (χ1) is 3.91. The molecule has 1 unspecified atom stereocenters. The van der Waals surface area contributed by atoms with Crippen LogP contribution in [0.4, 0.5) is 0 Å². The van der Waals surface area contributed by atoms with Crippen LogP contribution in [0.3, 0.4) is 0 Å². The third kappa shape index (κ3) is 24.6. The van der Waals surface area contributed by atoms with E-state index in [0.29, 0.717) is 0 Å². The van der Waals surface area contributed by atoms with Gasteiger partial charge in [0.1, 0.15) is 0 Å². The third-order valence-electron chi connectivity index (χ3n) is 1.35. The topological polar surface area (TPSA) is 0 Å². The monoisotopic (exact) mass is 245 g/mol. The SMILES string of the molecule is C[CH-]CCCCCC.P.S.[Zn]. The van der Waals surface area contributed by atoms with E-state index in [0.717, 1.165) is 0 Å². The molecule has 0 aliphatic rings. The first-order valence-corrected chi connectivity index (χ1v) is 3.69. The molecule has 0 fully saturated rings. The van der Waals surface area contributed by atoms with Crippen molar-refractivity contribution in [2.24, 2.45) is 0 Å². The third-order valence-corrected chi connectivity index (χ3v) is 1.35. The first-order valence-electron chi connectivity index (χ1n) is 3.69. The number of rotatable bonds is 5. The molecule has 68 valence electrons. The molecule has 0 rings (SSSR count). The molecule has 11 heavy (non-hydrogen) atoms. The molecular formula is C8H22PSZn-. The molecule has 0 heterocycles. The molecule has 0 radical (unpaired) electrons. The Kier molecular flexibility index (Phi) is 46.8. The maximum absolute atomic E-state index is 2.25. The molecule has 0 aliphatic heterocycles. The molecule has 0 aromatic carbocycles. The minimum atomic E-state index is 0. The van der Waals surface area contributed by atoms with Crippen molar-refractivity contribution in [2.45, 2.75) is 46.0 Å². The van der Waals surface area contributed by atoms with E-state index in [-0.39, 0.29) is 42.9 Å². The predicted molar refractivity (Wildman–Crippen MR) is 60.2 cm³/mol. The Labute approximate surface area is 95.1 Å². The van der Waals surface area contributed by atoms with E-state index in [1.165, 1.54) is 32.1 Å². The summed E-state index contributed by atoms with van der Waals surface area (Å²) in [5.74, 6) is 0. The van der Waals surface area contributed by atoms with E-state index in [1.54, 1.807) is 0 Å². The molecule has 0 aromatic rings. The largest absolute Gasteiger partial charge is 0.332 e. The van der Waals surface area contributed by atoms with Gasteiger partial charge < -0.3 is 6.42 Å². The summed E-state index contributed by atoms with van der Waals surface area (Å²) >= 11 is 0. The van der Waals surface area contributed by atoms with Crippen LogP contribution in [0.15, 0.2) is 0 Å². The van der Waals surface area contributed by atoms with Crippen LogP contribution < -0.4 is 0 Å². The molecule has 1 atom stereocenters. The molecule has 0 nitrogen and oxygen atoms in total. The zero-order valence-corrected chi connectivity index (χ0v) is 13.4. The van der Waals surface area contributed by atoms with Crippen molar-refractivity contribution in [1.82, 2.24) is 0 Å². The first kappa shape index (κ1) is 22.8. The Bertz CT molecular complexity index is 39.1. The van der Waals surface area contributed by atoms with Crippen molar-refractivity contribution < 1.29 is 19.5 Å². The van der Waals surface area contributed by atoms with Crippen LogP contribution in [-0.2, 0) is 19.5 Å². The second kappa shape index (κ2) is 22.5. The number of hydrogen-bond acceptors (Lipinski definition) is 0. The molecule has 0 saturated carbocycles. The van der Waals surface area contributed by atoms with Crippen molar-refractivity contribution in [1.29, 1.82) is 0 Å². The summed E-state index contributed by atoms with van der Waals surface area (Å²) in [5, 5.41) is 0. The van der Waals surface area contributed by atoms with Crippen molar-refractivity contribution in [3.8, 4) is 0 Å². The van der Waals surface area contributed by atoms with Gasteiger partial charge in [0.25, 0.3) is 0 Å². The smallest absolute Gasteiger partial charge is 0 e. The summed E-state index contributed by atoms with van der Waals surface area (Å²) in [4.78, 5) is 0. The Balaban J connectivity index is -0.0000000817. The normalized spacial score (nSPS) is 7.09. The van der Waals surface area contributed by atoms with Gasteiger partial charge in [0.05, 0.1) is 0 Å². The van der Waals surface area contributed by atoms with Gasteiger partial charge in [-0.05, 0) is 0 Å². The van der Waals surface area contributed by atoms with Gasteiger partial charge in [-0.3, -0.25) is 0 Å². The second-order valence-corrected chi connectivity index (χ2v) is 2.26. The van der Waals surface area contributed by atoms with Crippen LogP contribution >= 0.6 is 23.4 Å². The van der Waals surface area contributed by atoms with Crippen LogP contribution in [0.5, 0.6) is 0 Å².